The van der Waals surface area contributed by atoms with Crippen molar-refractivity contribution in [2.75, 3.05) is 11.5 Å². The minimum atomic E-state index is -3.69. The van der Waals surface area contributed by atoms with Gasteiger partial charge in [0, 0.05) is 6.04 Å². The highest BCUT2D eigenvalue weighted by molar-refractivity contribution is 7.93. The van der Waals surface area contributed by atoms with Gasteiger partial charge in [0.1, 0.15) is 5.25 Å². The van der Waals surface area contributed by atoms with Crippen LogP contribution in [-0.4, -0.2) is 44.6 Å². The molecule has 1 heterocycles. The molecule has 1 rings (SSSR count). The zero-order chi connectivity index (χ0) is 13.3. The van der Waals surface area contributed by atoms with Crippen LogP contribution in [0.15, 0.2) is 0 Å². The van der Waals surface area contributed by atoms with Crippen LogP contribution in [0.2, 0.25) is 0 Å². The lowest BCUT2D eigenvalue weighted by atomic mass is 10.3. The monoisotopic (exact) mass is 300 g/mol. The molecular formula is C8H16N2O4S3. The first kappa shape index (κ1) is 14.8. The topological polar surface area (TPSA) is 106 Å². The summed E-state index contributed by atoms with van der Waals surface area (Å²) < 4.78 is 48.6. The molecule has 0 amide bonds. The van der Waals surface area contributed by atoms with E-state index >= 15 is 0 Å². The number of rotatable bonds is 5. The van der Waals surface area contributed by atoms with Gasteiger partial charge in [-0.15, -0.1) is 0 Å². The van der Waals surface area contributed by atoms with E-state index in [1.807, 2.05) is 0 Å². The predicted octanol–water partition coefficient (Wildman–Crippen LogP) is -0.842. The van der Waals surface area contributed by atoms with E-state index in [0.717, 1.165) is 0 Å². The summed E-state index contributed by atoms with van der Waals surface area (Å²) in [7, 11) is -6.80. The fraction of sp³-hybridized carbons (Fsp3) is 0.875. The minimum absolute atomic E-state index is 0.0179. The van der Waals surface area contributed by atoms with Crippen molar-refractivity contribution in [3.8, 4) is 0 Å². The molecule has 1 aliphatic rings. The van der Waals surface area contributed by atoms with Gasteiger partial charge in [0.05, 0.1) is 16.5 Å². The van der Waals surface area contributed by atoms with E-state index < -0.39 is 31.2 Å². The lowest BCUT2D eigenvalue weighted by molar-refractivity contribution is 0.556. The van der Waals surface area contributed by atoms with E-state index in [1.54, 1.807) is 6.92 Å². The molecule has 0 saturated carbocycles. The van der Waals surface area contributed by atoms with Crippen LogP contribution in [-0.2, 0) is 19.9 Å². The van der Waals surface area contributed by atoms with Crippen LogP contribution >= 0.6 is 12.2 Å². The van der Waals surface area contributed by atoms with E-state index in [2.05, 4.69) is 4.72 Å². The summed E-state index contributed by atoms with van der Waals surface area (Å²) >= 11 is 4.69. The van der Waals surface area contributed by atoms with Crippen molar-refractivity contribution >= 4 is 37.1 Å². The molecule has 0 aromatic rings. The Labute approximate surface area is 107 Å². The van der Waals surface area contributed by atoms with Crippen LogP contribution in [0.3, 0.4) is 0 Å². The smallest absolute Gasteiger partial charge is 0.221 e. The number of hydrogen-bond donors (Lipinski definition) is 2. The quantitative estimate of drug-likeness (QED) is 0.641. The van der Waals surface area contributed by atoms with Crippen LogP contribution in [0, 0.1) is 0 Å². The van der Waals surface area contributed by atoms with Crippen LogP contribution in [0.4, 0.5) is 0 Å². The van der Waals surface area contributed by atoms with Crippen molar-refractivity contribution in [2.45, 2.75) is 31.1 Å². The molecule has 0 spiro atoms. The zero-order valence-electron chi connectivity index (χ0n) is 9.42. The zero-order valence-corrected chi connectivity index (χ0v) is 11.9. The molecule has 0 bridgehead atoms. The van der Waals surface area contributed by atoms with E-state index in [-0.39, 0.29) is 22.9 Å². The van der Waals surface area contributed by atoms with Gasteiger partial charge >= 0.3 is 0 Å². The third-order valence-electron chi connectivity index (χ3n) is 2.63. The summed E-state index contributed by atoms with van der Waals surface area (Å²) in [6.07, 6.45) is 0.569. The number of thiocarbonyl (C=S) groups is 1. The van der Waals surface area contributed by atoms with Crippen molar-refractivity contribution in [3.63, 3.8) is 0 Å². The van der Waals surface area contributed by atoms with Gasteiger partial charge in [0.25, 0.3) is 0 Å². The molecule has 2 atom stereocenters. The molecule has 1 aliphatic heterocycles. The molecule has 1 fully saturated rings. The Bertz CT molecular complexity index is 497. The summed E-state index contributed by atoms with van der Waals surface area (Å²) in [5.74, 6) is -0.135. The van der Waals surface area contributed by atoms with E-state index in [1.165, 1.54) is 0 Å². The van der Waals surface area contributed by atoms with Crippen LogP contribution in [0.1, 0.15) is 19.8 Å². The summed E-state index contributed by atoms with van der Waals surface area (Å²) in [5, 5.41) is -0.944. The van der Waals surface area contributed by atoms with Gasteiger partial charge in [-0.05, 0) is 12.8 Å². The van der Waals surface area contributed by atoms with Crippen molar-refractivity contribution in [3.05, 3.63) is 0 Å². The maximum Gasteiger partial charge on any atom is 0.221 e. The molecule has 3 N–H and O–H groups in total. The Kier molecular flexibility index (Phi) is 4.50. The number of sulfone groups is 1. The van der Waals surface area contributed by atoms with Gasteiger partial charge in [-0.2, -0.15) is 0 Å². The SMILES string of the molecule is CCC(C(N)=S)S(=O)(=O)NC1CCS(=O)(=O)C1. The van der Waals surface area contributed by atoms with Crippen LogP contribution in [0.25, 0.3) is 0 Å². The molecule has 0 aromatic carbocycles. The first-order chi connectivity index (χ1) is 7.68. The molecule has 6 nitrogen and oxygen atoms in total. The molecule has 0 aromatic heterocycles. The fourth-order valence-corrected chi connectivity index (χ4v) is 5.68. The predicted molar refractivity (Wildman–Crippen MR) is 70.0 cm³/mol. The van der Waals surface area contributed by atoms with E-state index in [4.69, 9.17) is 18.0 Å². The van der Waals surface area contributed by atoms with Gasteiger partial charge in [-0.3, -0.25) is 0 Å². The third kappa shape index (κ3) is 3.87. The van der Waals surface area contributed by atoms with Gasteiger partial charge in [0.2, 0.25) is 10.0 Å². The maximum atomic E-state index is 11.9. The minimum Gasteiger partial charge on any atom is -0.392 e. The van der Waals surface area contributed by atoms with E-state index in [0.29, 0.717) is 6.42 Å². The Morgan fingerprint density at radius 2 is 2.18 bits per heavy atom. The average molecular weight is 300 g/mol. The van der Waals surface area contributed by atoms with Crippen molar-refractivity contribution in [2.24, 2.45) is 5.73 Å². The van der Waals surface area contributed by atoms with Crippen LogP contribution in [0.5, 0.6) is 0 Å². The second kappa shape index (κ2) is 5.17. The Hall–Kier alpha value is -0.250. The highest BCUT2D eigenvalue weighted by Crippen LogP contribution is 2.14. The van der Waals surface area contributed by atoms with E-state index in [9.17, 15) is 16.8 Å². The summed E-state index contributed by atoms with van der Waals surface area (Å²) in [6.45, 7) is 1.66. The molecular weight excluding hydrogens is 284 g/mol. The van der Waals surface area contributed by atoms with Gasteiger partial charge in [0.15, 0.2) is 9.84 Å². The fourth-order valence-electron chi connectivity index (χ4n) is 1.78. The molecule has 1 saturated heterocycles. The average Bonchev–Trinajstić information content (AvgIpc) is 2.43. The number of sulfonamides is 1. The van der Waals surface area contributed by atoms with Gasteiger partial charge in [-0.1, -0.05) is 19.1 Å². The van der Waals surface area contributed by atoms with Gasteiger partial charge in [-0.25, -0.2) is 21.6 Å². The second-order valence-corrected chi connectivity index (χ2v) is 8.66. The molecule has 17 heavy (non-hydrogen) atoms. The number of nitrogens with one attached hydrogen (secondary N) is 1. The summed E-state index contributed by atoms with van der Waals surface area (Å²) in [6, 6.07) is -0.562. The Morgan fingerprint density at radius 3 is 2.53 bits per heavy atom. The number of hydrogen-bond acceptors (Lipinski definition) is 5. The number of nitrogens with two attached hydrogens (primary N) is 1. The summed E-state index contributed by atoms with van der Waals surface area (Å²) in [4.78, 5) is -0.0964. The first-order valence-corrected chi connectivity index (χ1v) is 8.96. The Balaban J connectivity index is 2.77. The normalized spacial score (nSPS) is 25.6. The first-order valence-electron chi connectivity index (χ1n) is 5.19. The molecule has 100 valence electrons. The lowest BCUT2D eigenvalue weighted by Gasteiger charge is -2.18. The van der Waals surface area contributed by atoms with Crippen molar-refractivity contribution in [1.82, 2.24) is 4.72 Å². The van der Waals surface area contributed by atoms with Crippen LogP contribution < -0.4 is 10.5 Å². The van der Waals surface area contributed by atoms with Crippen molar-refractivity contribution < 1.29 is 16.8 Å². The van der Waals surface area contributed by atoms with Gasteiger partial charge < -0.3 is 5.73 Å². The van der Waals surface area contributed by atoms with Crippen molar-refractivity contribution in [1.29, 1.82) is 0 Å². The highest BCUT2D eigenvalue weighted by atomic mass is 32.2. The lowest BCUT2D eigenvalue weighted by Crippen LogP contribution is -2.46. The largest absolute Gasteiger partial charge is 0.392 e. The molecule has 0 aliphatic carbocycles. The maximum absolute atomic E-state index is 11.9. The second-order valence-electron chi connectivity index (χ2n) is 4.06. The Morgan fingerprint density at radius 1 is 1.59 bits per heavy atom. The molecule has 9 heteroatoms. The standard InChI is InChI=1S/C8H16N2O4S3/c1-2-7(8(9)15)17(13,14)10-6-3-4-16(11,12)5-6/h6-7,10H,2-5H2,1H3,(H2,9,15). The highest BCUT2D eigenvalue weighted by Gasteiger charge is 2.34. The molecule has 2 unspecified atom stereocenters. The third-order valence-corrected chi connectivity index (χ3v) is 6.83. The summed E-state index contributed by atoms with van der Waals surface area (Å²) in [5.41, 5.74) is 5.35. The molecule has 0 radical (unpaired) electrons.